The Morgan fingerprint density at radius 1 is 1.50 bits per heavy atom. The van der Waals surface area contributed by atoms with Gasteiger partial charge < -0.3 is 11.1 Å². The van der Waals surface area contributed by atoms with E-state index < -0.39 is 17.8 Å². The maximum atomic E-state index is 13.3. The largest absolute Gasteiger partial charge is 0.322 e. The highest BCUT2D eigenvalue weighted by Gasteiger charge is 2.18. The van der Waals surface area contributed by atoms with E-state index in [9.17, 15) is 9.18 Å². The Bertz CT molecular complexity index is 567. The molecule has 1 aromatic heterocycles. The molecule has 1 unspecified atom stereocenters. The average Bonchev–Trinajstić information content (AvgIpc) is 2.78. The molecule has 6 heteroatoms. The highest BCUT2D eigenvalue weighted by Crippen LogP contribution is 2.16. The zero-order valence-corrected chi connectivity index (χ0v) is 9.80. The third kappa shape index (κ3) is 2.54. The molecule has 0 fully saturated rings. The number of nitrogens with zero attached hydrogens (tertiary/aromatic N) is 2. The van der Waals surface area contributed by atoms with Crippen LogP contribution in [0.15, 0.2) is 36.7 Å². The predicted molar refractivity (Wildman–Crippen MR) is 65.2 cm³/mol. The van der Waals surface area contributed by atoms with Crippen LogP contribution >= 0.6 is 0 Å². The van der Waals surface area contributed by atoms with E-state index in [1.54, 1.807) is 30.1 Å². The molecule has 3 N–H and O–H groups in total. The summed E-state index contributed by atoms with van der Waals surface area (Å²) in [6.45, 7) is 0. The molecule has 0 saturated carbocycles. The third-order valence-electron chi connectivity index (χ3n) is 2.50. The van der Waals surface area contributed by atoms with Gasteiger partial charge in [-0.3, -0.25) is 9.48 Å². The summed E-state index contributed by atoms with van der Waals surface area (Å²) in [7, 11) is 1.73. The first-order valence-corrected chi connectivity index (χ1v) is 5.37. The highest BCUT2D eigenvalue weighted by atomic mass is 19.1. The van der Waals surface area contributed by atoms with Gasteiger partial charge in [-0.25, -0.2) is 4.39 Å². The Balaban J connectivity index is 2.11. The first kappa shape index (κ1) is 12.3. The van der Waals surface area contributed by atoms with E-state index in [0.29, 0.717) is 5.56 Å². The molecule has 0 aliphatic heterocycles. The number of carbonyl (C=O) groups excluding carboxylic acids is 1. The summed E-state index contributed by atoms with van der Waals surface area (Å²) < 4.78 is 14.9. The molecule has 0 aliphatic carbocycles. The number of hydrogen-bond donors (Lipinski definition) is 2. The lowest BCUT2D eigenvalue weighted by Gasteiger charge is -2.10. The van der Waals surface area contributed by atoms with Crippen LogP contribution in [0.2, 0.25) is 0 Å². The number of nitrogens with two attached hydrogens (primary N) is 1. The molecule has 0 radical (unpaired) electrons. The first-order chi connectivity index (χ1) is 8.58. The summed E-state index contributed by atoms with van der Waals surface area (Å²) in [6, 6.07) is 5.05. The van der Waals surface area contributed by atoms with Crippen molar-refractivity contribution in [2.45, 2.75) is 6.04 Å². The minimum atomic E-state index is -0.877. The van der Waals surface area contributed by atoms with Crippen LogP contribution in [0.3, 0.4) is 0 Å². The van der Waals surface area contributed by atoms with E-state index in [-0.39, 0.29) is 5.69 Å². The van der Waals surface area contributed by atoms with Crippen molar-refractivity contribution in [2.24, 2.45) is 12.8 Å². The Labute approximate surface area is 103 Å². The van der Waals surface area contributed by atoms with Crippen molar-refractivity contribution in [3.63, 3.8) is 0 Å². The smallest absolute Gasteiger partial charge is 0.246 e. The van der Waals surface area contributed by atoms with Gasteiger partial charge in [0.1, 0.15) is 11.9 Å². The molecule has 1 aromatic carbocycles. The topological polar surface area (TPSA) is 72.9 Å². The van der Waals surface area contributed by atoms with Crippen LogP contribution in [0.5, 0.6) is 0 Å². The van der Waals surface area contributed by atoms with Gasteiger partial charge >= 0.3 is 0 Å². The molecule has 0 saturated heterocycles. The first-order valence-electron chi connectivity index (χ1n) is 5.37. The van der Waals surface area contributed by atoms with Crippen molar-refractivity contribution >= 4 is 11.6 Å². The maximum Gasteiger partial charge on any atom is 0.246 e. The van der Waals surface area contributed by atoms with Gasteiger partial charge in [0.05, 0.1) is 11.9 Å². The van der Waals surface area contributed by atoms with E-state index in [4.69, 9.17) is 5.73 Å². The minimum absolute atomic E-state index is 0.113. The van der Waals surface area contributed by atoms with E-state index in [1.807, 2.05) is 0 Å². The van der Waals surface area contributed by atoms with E-state index in [1.165, 1.54) is 18.3 Å². The molecule has 1 heterocycles. The van der Waals surface area contributed by atoms with Gasteiger partial charge in [0, 0.05) is 18.8 Å². The van der Waals surface area contributed by atoms with Crippen molar-refractivity contribution < 1.29 is 9.18 Å². The predicted octanol–water partition coefficient (Wildman–Crippen LogP) is 1.20. The number of nitrogens with one attached hydrogen (secondary N) is 1. The maximum absolute atomic E-state index is 13.3. The van der Waals surface area contributed by atoms with Crippen molar-refractivity contribution in [3.05, 3.63) is 48.0 Å². The lowest BCUT2D eigenvalue weighted by molar-refractivity contribution is -0.117. The van der Waals surface area contributed by atoms with Gasteiger partial charge in [-0.2, -0.15) is 5.10 Å². The van der Waals surface area contributed by atoms with Gasteiger partial charge in [-0.05, 0) is 12.1 Å². The Kier molecular flexibility index (Phi) is 3.38. The number of aromatic nitrogens is 2. The summed E-state index contributed by atoms with van der Waals surface area (Å²) in [4.78, 5) is 11.8. The molecule has 5 nitrogen and oxygen atoms in total. The second-order valence-electron chi connectivity index (χ2n) is 3.89. The molecule has 2 aromatic rings. The summed E-state index contributed by atoms with van der Waals surface area (Å²) in [6.07, 6.45) is 3.15. The van der Waals surface area contributed by atoms with Crippen LogP contribution in [-0.2, 0) is 11.8 Å². The quantitative estimate of drug-likeness (QED) is 0.857. The Morgan fingerprint density at radius 3 is 2.83 bits per heavy atom. The van der Waals surface area contributed by atoms with E-state index in [0.717, 1.165) is 0 Å². The number of benzene rings is 1. The van der Waals surface area contributed by atoms with Gasteiger partial charge in [0.25, 0.3) is 0 Å². The summed E-state index contributed by atoms with van der Waals surface area (Å²) >= 11 is 0. The molecule has 1 amide bonds. The highest BCUT2D eigenvalue weighted by molar-refractivity contribution is 5.95. The Hall–Kier alpha value is -2.21. The molecule has 94 valence electrons. The van der Waals surface area contributed by atoms with E-state index >= 15 is 0 Å². The fourth-order valence-corrected chi connectivity index (χ4v) is 1.53. The summed E-state index contributed by atoms with van der Waals surface area (Å²) in [5, 5.41) is 6.37. The molecular weight excluding hydrogens is 235 g/mol. The van der Waals surface area contributed by atoms with Crippen molar-refractivity contribution in [1.82, 2.24) is 9.78 Å². The molecular formula is C12H13FN4O. The number of amides is 1. The van der Waals surface area contributed by atoms with Crippen molar-refractivity contribution in [2.75, 3.05) is 5.32 Å². The van der Waals surface area contributed by atoms with Gasteiger partial charge in [0.15, 0.2) is 0 Å². The van der Waals surface area contributed by atoms with Crippen LogP contribution < -0.4 is 11.1 Å². The normalized spacial score (nSPS) is 12.2. The van der Waals surface area contributed by atoms with E-state index in [2.05, 4.69) is 10.4 Å². The summed E-state index contributed by atoms with van der Waals surface area (Å²) in [5.41, 5.74) is 6.45. The van der Waals surface area contributed by atoms with Gasteiger partial charge in [-0.15, -0.1) is 0 Å². The monoisotopic (exact) mass is 248 g/mol. The van der Waals surface area contributed by atoms with Crippen LogP contribution in [-0.4, -0.2) is 15.7 Å². The minimum Gasteiger partial charge on any atom is -0.322 e. The molecule has 0 bridgehead atoms. The fourth-order valence-electron chi connectivity index (χ4n) is 1.53. The van der Waals surface area contributed by atoms with Crippen molar-refractivity contribution in [1.29, 1.82) is 0 Å². The molecule has 1 atom stereocenters. The molecule has 0 spiro atoms. The number of aryl methyl sites for hydroxylation is 1. The number of halogens is 1. The molecule has 2 rings (SSSR count). The van der Waals surface area contributed by atoms with Gasteiger partial charge in [0.2, 0.25) is 5.91 Å². The number of anilines is 1. The van der Waals surface area contributed by atoms with Crippen LogP contribution in [0, 0.1) is 5.82 Å². The standard InChI is InChI=1S/C12H13FN4O/c1-17-7-8(6-15-17)11(14)12(18)16-10-5-3-2-4-9(10)13/h2-7,11H,14H2,1H3,(H,16,18). The molecule has 18 heavy (non-hydrogen) atoms. The SMILES string of the molecule is Cn1cc(C(N)C(=O)Nc2ccccc2F)cn1. The lowest BCUT2D eigenvalue weighted by Crippen LogP contribution is -2.27. The fraction of sp³-hybridized carbons (Fsp3) is 0.167. The Morgan fingerprint density at radius 2 is 2.22 bits per heavy atom. The zero-order chi connectivity index (χ0) is 13.1. The van der Waals surface area contributed by atoms with Crippen LogP contribution in [0.4, 0.5) is 10.1 Å². The van der Waals surface area contributed by atoms with Crippen LogP contribution in [0.1, 0.15) is 11.6 Å². The third-order valence-corrected chi connectivity index (χ3v) is 2.50. The number of rotatable bonds is 3. The zero-order valence-electron chi connectivity index (χ0n) is 9.80. The lowest BCUT2D eigenvalue weighted by atomic mass is 10.1. The van der Waals surface area contributed by atoms with Crippen LogP contribution in [0.25, 0.3) is 0 Å². The number of para-hydroxylation sites is 1. The second kappa shape index (κ2) is 4.97. The average molecular weight is 248 g/mol. The van der Waals surface area contributed by atoms with Crippen molar-refractivity contribution in [3.8, 4) is 0 Å². The number of carbonyl (C=O) groups is 1. The van der Waals surface area contributed by atoms with Gasteiger partial charge in [-0.1, -0.05) is 12.1 Å². The molecule has 0 aliphatic rings. The number of hydrogen-bond acceptors (Lipinski definition) is 3. The second-order valence-corrected chi connectivity index (χ2v) is 3.89. The summed E-state index contributed by atoms with van der Waals surface area (Å²) in [5.74, 6) is -0.975.